The molecule has 2 aromatic rings. The van der Waals surface area contributed by atoms with E-state index in [2.05, 4.69) is 10.4 Å². The Labute approximate surface area is 130 Å². The third kappa shape index (κ3) is 3.39. The average Bonchev–Trinajstić information content (AvgIpc) is 2.74. The van der Waals surface area contributed by atoms with Crippen molar-refractivity contribution >= 4 is 11.6 Å². The molecule has 0 unspecified atom stereocenters. The van der Waals surface area contributed by atoms with Crippen molar-refractivity contribution < 1.29 is 14.3 Å². The lowest BCUT2D eigenvalue weighted by atomic mass is 10.2. The zero-order valence-corrected chi connectivity index (χ0v) is 13.5. The molecule has 1 N–H and O–H groups in total. The number of hydrogen-bond donors (Lipinski definition) is 1. The highest BCUT2D eigenvalue weighted by atomic mass is 16.5. The molecule has 0 saturated heterocycles. The number of ether oxygens (including phenoxy) is 2. The minimum atomic E-state index is -0.618. The van der Waals surface area contributed by atoms with Gasteiger partial charge in [0.1, 0.15) is 11.5 Å². The maximum atomic E-state index is 12.3. The fraction of sp³-hybridized carbons (Fsp3) is 0.375. The molecule has 1 atom stereocenters. The van der Waals surface area contributed by atoms with Gasteiger partial charge in [0.25, 0.3) is 5.91 Å². The van der Waals surface area contributed by atoms with Crippen molar-refractivity contribution in [3.8, 4) is 11.5 Å². The number of rotatable bonds is 5. The molecule has 118 valence electrons. The summed E-state index contributed by atoms with van der Waals surface area (Å²) in [4.78, 5) is 12.3. The molecule has 0 fully saturated rings. The van der Waals surface area contributed by atoms with E-state index in [9.17, 15) is 4.79 Å². The number of anilines is 1. The molecule has 1 aromatic carbocycles. The molecule has 2 rings (SSSR count). The van der Waals surface area contributed by atoms with Crippen molar-refractivity contribution in [3.63, 3.8) is 0 Å². The first-order valence-corrected chi connectivity index (χ1v) is 7.04. The first-order chi connectivity index (χ1) is 10.4. The molecule has 6 nitrogen and oxygen atoms in total. The van der Waals surface area contributed by atoms with Crippen LogP contribution in [0.2, 0.25) is 0 Å². The number of methoxy groups -OCH3 is 1. The number of amides is 1. The van der Waals surface area contributed by atoms with Gasteiger partial charge in [-0.2, -0.15) is 5.10 Å². The van der Waals surface area contributed by atoms with E-state index in [1.165, 1.54) is 0 Å². The van der Waals surface area contributed by atoms with Gasteiger partial charge in [-0.15, -0.1) is 0 Å². The van der Waals surface area contributed by atoms with Gasteiger partial charge < -0.3 is 14.8 Å². The highest BCUT2D eigenvalue weighted by molar-refractivity contribution is 5.95. The summed E-state index contributed by atoms with van der Waals surface area (Å²) in [5.74, 6) is 1.14. The zero-order chi connectivity index (χ0) is 16.3. The van der Waals surface area contributed by atoms with Crippen molar-refractivity contribution in [2.45, 2.75) is 26.9 Å². The van der Waals surface area contributed by atoms with Crippen LogP contribution in [-0.2, 0) is 11.8 Å². The molecule has 0 bridgehead atoms. The second-order valence-electron chi connectivity index (χ2n) is 5.09. The molecule has 0 radical (unpaired) electrons. The largest absolute Gasteiger partial charge is 0.497 e. The standard InChI is InChI=1S/C16H21N3O3/c1-10-15(11(2)19(4)18-10)17-16(20)12(3)22-14-8-6-13(21-5)7-9-14/h6-9,12H,1-5H3,(H,17,20)/t12-/m0/s1. The Kier molecular flexibility index (Phi) is 4.70. The van der Waals surface area contributed by atoms with Gasteiger partial charge in [0.2, 0.25) is 0 Å². The molecule has 0 aliphatic heterocycles. The van der Waals surface area contributed by atoms with E-state index < -0.39 is 6.10 Å². The SMILES string of the molecule is COc1ccc(O[C@@H](C)C(=O)Nc2c(C)nn(C)c2C)cc1. The van der Waals surface area contributed by atoms with Crippen LogP contribution < -0.4 is 14.8 Å². The fourth-order valence-electron chi connectivity index (χ4n) is 2.09. The molecule has 22 heavy (non-hydrogen) atoms. The second-order valence-corrected chi connectivity index (χ2v) is 5.09. The van der Waals surface area contributed by atoms with Gasteiger partial charge in [0, 0.05) is 7.05 Å². The molecule has 1 amide bonds. The molecular weight excluding hydrogens is 282 g/mol. The Morgan fingerprint density at radius 2 is 1.82 bits per heavy atom. The first-order valence-electron chi connectivity index (χ1n) is 7.04. The van der Waals surface area contributed by atoms with Crippen molar-refractivity contribution in [2.75, 3.05) is 12.4 Å². The lowest BCUT2D eigenvalue weighted by molar-refractivity contribution is -0.122. The lowest BCUT2D eigenvalue weighted by Gasteiger charge is -2.15. The quantitative estimate of drug-likeness (QED) is 0.921. The summed E-state index contributed by atoms with van der Waals surface area (Å²) in [5.41, 5.74) is 2.42. The van der Waals surface area contributed by atoms with Crippen LogP contribution in [-0.4, -0.2) is 28.9 Å². The van der Waals surface area contributed by atoms with E-state index in [0.717, 1.165) is 22.8 Å². The highest BCUT2D eigenvalue weighted by Crippen LogP contribution is 2.21. The van der Waals surface area contributed by atoms with Crippen LogP contribution in [0.5, 0.6) is 11.5 Å². The van der Waals surface area contributed by atoms with Gasteiger partial charge in [0.05, 0.1) is 24.2 Å². The van der Waals surface area contributed by atoms with Gasteiger partial charge in [0.15, 0.2) is 6.10 Å². The van der Waals surface area contributed by atoms with Gasteiger partial charge in [-0.3, -0.25) is 9.48 Å². The highest BCUT2D eigenvalue weighted by Gasteiger charge is 2.18. The molecule has 6 heteroatoms. The van der Waals surface area contributed by atoms with E-state index in [0.29, 0.717) is 5.75 Å². The molecule has 0 saturated carbocycles. The number of carbonyl (C=O) groups excluding carboxylic acids is 1. The van der Waals surface area contributed by atoms with Gasteiger partial charge in [-0.05, 0) is 45.0 Å². The Hall–Kier alpha value is -2.50. The summed E-state index contributed by atoms with van der Waals surface area (Å²) in [6.45, 7) is 5.48. The Balaban J connectivity index is 2.02. The van der Waals surface area contributed by atoms with Crippen molar-refractivity contribution in [1.82, 2.24) is 9.78 Å². The minimum Gasteiger partial charge on any atom is -0.497 e. The number of nitrogens with zero attached hydrogens (tertiary/aromatic N) is 2. The maximum Gasteiger partial charge on any atom is 0.265 e. The summed E-state index contributed by atoms with van der Waals surface area (Å²) in [5, 5.41) is 7.14. The van der Waals surface area contributed by atoms with E-state index in [-0.39, 0.29) is 5.91 Å². The second kappa shape index (κ2) is 6.51. The third-order valence-corrected chi connectivity index (χ3v) is 3.50. The van der Waals surface area contributed by atoms with Crippen molar-refractivity contribution in [1.29, 1.82) is 0 Å². The topological polar surface area (TPSA) is 65.4 Å². The maximum absolute atomic E-state index is 12.3. The third-order valence-electron chi connectivity index (χ3n) is 3.50. The molecule has 0 aliphatic carbocycles. The predicted molar refractivity (Wildman–Crippen MR) is 84.4 cm³/mol. The van der Waals surface area contributed by atoms with E-state index >= 15 is 0 Å². The van der Waals surface area contributed by atoms with E-state index in [1.54, 1.807) is 43.0 Å². The summed E-state index contributed by atoms with van der Waals surface area (Å²) in [6, 6.07) is 7.11. The normalized spacial score (nSPS) is 11.9. The Bertz CT molecular complexity index is 662. The molecular formula is C16H21N3O3. The van der Waals surface area contributed by atoms with Crippen LogP contribution >= 0.6 is 0 Å². The van der Waals surface area contributed by atoms with Crippen LogP contribution in [0.1, 0.15) is 18.3 Å². The number of aromatic nitrogens is 2. The lowest BCUT2D eigenvalue weighted by Crippen LogP contribution is -2.30. The molecule has 0 aliphatic rings. The van der Waals surface area contributed by atoms with Crippen LogP contribution in [0.3, 0.4) is 0 Å². The number of aryl methyl sites for hydroxylation is 2. The Morgan fingerprint density at radius 3 is 2.32 bits per heavy atom. The predicted octanol–water partition coefficient (Wildman–Crippen LogP) is 2.45. The van der Waals surface area contributed by atoms with Crippen LogP contribution in [0.25, 0.3) is 0 Å². The number of hydrogen-bond acceptors (Lipinski definition) is 4. The monoisotopic (exact) mass is 303 g/mol. The smallest absolute Gasteiger partial charge is 0.265 e. The zero-order valence-electron chi connectivity index (χ0n) is 13.5. The van der Waals surface area contributed by atoms with Crippen molar-refractivity contribution in [2.24, 2.45) is 7.05 Å². The molecule has 0 spiro atoms. The summed E-state index contributed by atoms with van der Waals surface area (Å²) >= 11 is 0. The van der Waals surface area contributed by atoms with E-state index in [1.807, 2.05) is 20.9 Å². The summed E-state index contributed by atoms with van der Waals surface area (Å²) < 4.78 is 12.5. The van der Waals surface area contributed by atoms with Gasteiger partial charge in [-0.25, -0.2) is 0 Å². The van der Waals surface area contributed by atoms with Gasteiger partial charge >= 0.3 is 0 Å². The van der Waals surface area contributed by atoms with Crippen molar-refractivity contribution in [3.05, 3.63) is 35.7 Å². The number of nitrogens with one attached hydrogen (secondary N) is 1. The molecule has 1 heterocycles. The average molecular weight is 303 g/mol. The minimum absolute atomic E-state index is 0.213. The number of benzene rings is 1. The summed E-state index contributed by atoms with van der Waals surface area (Å²) in [7, 11) is 3.44. The van der Waals surface area contributed by atoms with Gasteiger partial charge in [-0.1, -0.05) is 0 Å². The first kappa shape index (κ1) is 15.9. The fourth-order valence-corrected chi connectivity index (χ4v) is 2.09. The Morgan fingerprint density at radius 1 is 1.23 bits per heavy atom. The number of carbonyl (C=O) groups is 1. The van der Waals surface area contributed by atoms with Crippen LogP contribution in [0.4, 0.5) is 5.69 Å². The van der Waals surface area contributed by atoms with Crippen LogP contribution in [0, 0.1) is 13.8 Å². The summed E-state index contributed by atoms with van der Waals surface area (Å²) in [6.07, 6.45) is -0.618. The molecule has 1 aromatic heterocycles. The van der Waals surface area contributed by atoms with Crippen LogP contribution in [0.15, 0.2) is 24.3 Å². The van der Waals surface area contributed by atoms with E-state index in [4.69, 9.17) is 9.47 Å².